The van der Waals surface area contributed by atoms with E-state index in [1.54, 1.807) is 24.3 Å². The molecule has 25 heavy (non-hydrogen) atoms. The Morgan fingerprint density at radius 3 is 2.48 bits per heavy atom. The van der Waals surface area contributed by atoms with Gasteiger partial charge in [0.25, 0.3) is 11.5 Å². The maximum absolute atomic E-state index is 12.8. The molecule has 8 nitrogen and oxygen atoms in total. The highest BCUT2D eigenvalue weighted by molar-refractivity contribution is 5.91. The van der Waals surface area contributed by atoms with E-state index in [1.807, 2.05) is 13.0 Å². The van der Waals surface area contributed by atoms with Gasteiger partial charge in [-0.05, 0) is 18.6 Å². The average Bonchev–Trinajstić information content (AvgIpc) is 2.66. The van der Waals surface area contributed by atoms with Gasteiger partial charge in [-0.2, -0.15) is 9.78 Å². The number of hydrogen-bond donors (Lipinski definition) is 0. The molecule has 0 bridgehead atoms. The smallest absolute Gasteiger partial charge is 0.352 e. The second-order valence-corrected chi connectivity index (χ2v) is 5.74. The number of nitrogens with zero attached hydrogens (tertiary/aromatic N) is 4. The zero-order valence-electron chi connectivity index (χ0n) is 14.1. The number of carbonyl (C=O) groups is 1. The molecule has 1 aromatic carbocycles. The van der Waals surface area contributed by atoms with Crippen LogP contribution in [0.3, 0.4) is 0 Å². The Labute approximate surface area is 144 Å². The molecule has 0 unspecified atom stereocenters. The molecule has 1 amide bonds. The third kappa shape index (κ3) is 3.39. The Morgan fingerprint density at radius 1 is 1.16 bits per heavy atom. The summed E-state index contributed by atoms with van der Waals surface area (Å²) in [5, 5.41) is 4.10. The summed E-state index contributed by atoms with van der Waals surface area (Å²) < 4.78 is 7.43. The van der Waals surface area contributed by atoms with Crippen molar-refractivity contribution >= 4 is 5.91 Å². The van der Waals surface area contributed by atoms with E-state index < -0.39 is 17.2 Å². The minimum atomic E-state index is -0.643. The highest BCUT2D eigenvalue weighted by Crippen LogP contribution is 2.05. The molecule has 1 fully saturated rings. The number of amides is 1. The summed E-state index contributed by atoms with van der Waals surface area (Å²) in [6, 6.07) is 8.76. The van der Waals surface area contributed by atoms with Gasteiger partial charge in [0, 0.05) is 19.6 Å². The van der Waals surface area contributed by atoms with Gasteiger partial charge in [-0.1, -0.05) is 25.1 Å². The van der Waals surface area contributed by atoms with E-state index in [-0.39, 0.29) is 12.2 Å². The number of morpholine rings is 1. The monoisotopic (exact) mass is 344 g/mol. The standard InChI is InChI=1S/C17H20N4O4/c1-2-8-20-16(23)14(15(22)19-9-11-25-12-10-19)18-21(17(20)24)13-6-4-3-5-7-13/h3-7H,2,8-12H2,1H3. The fraction of sp³-hybridized carbons (Fsp3) is 0.412. The van der Waals surface area contributed by atoms with Crippen LogP contribution in [0.15, 0.2) is 39.9 Å². The summed E-state index contributed by atoms with van der Waals surface area (Å²) in [5.41, 5.74) is -0.917. The van der Waals surface area contributed by atoms with Gasteiger partial charge in [-0.3, -0.25) is 14.2 Å². The van der Waals surface area contributed by atoms with Crippen LogP contribution >= 0.6 is 0 Å². The molecule has 0 atom stereocenters. The van der Waals surface area contributed by atoms with Gasteiger partial charge in [0.1, 0.15) is 0 Å². The van der Waals surface area contributed by atoms with E-state index in [9.17, 15) is 14.4 Å². The molecule has 0 radical (unpaired) electrons. The Bertz CT molecular complexity index is 866. The molecule has 1 aromatic heterocycles. The van der Waals surface area contributed by atoms with Gasteiger partial charge in [0.2, 0.25) is 5.69 Å². The third-order valence-electron chi connectivity index (χ3n) is 4.01. The summed E-state index contributed by atoms with van der Waals surface area (Å²) in [4.78, 5) is 39.6. The largest absolute Gasteiger partial charge is 0.378 e. The van der Waals surface area contributed by atoms with E-state index >= 15 is 0 Å². The first-order valence-corrected chi connectivity index (χ1v) is 8.30. The zero-order chi connectivity index (χ0) is 17.8. The second kappa shape index (κ2) is 7.43. The van der Waals surface area contributed by atoms with Crippen molar-refractivity contribution in [3.05, 3.63) is 56.9 Å². The molecule has 8 heteroatoms. The number of benzene rings is 1. The lowest BCUT2D eigenvalue weighted by Crippen LogP contribution is -2.48. The van der Waals surface area contributed by atoms with E-state index in [0.29, 0.717) is 38.4 Å². The summed E-state index contributed by atoms with van der Waals surface area (Å²) in [6.45, 7) is 3.75. The highest BCUT2D eigenvalue weighted by atomic mass is 16.5. The van der Waals surface area contributed by atoms with Crippen molar-refractivity contribution in [1.82, 2.24) is 19.2 Å². The lowest BCUT2D eigenvalue weighted by Gasteiger charge is -2.26. The third-order valence-corrected chi connectivity index (χ3v) is 4.01. The predicted molar refractivity (Wildman–Crippen MR) is 91.1 cm³/mol. The Balaban J connectivity index is 2.14. The number of aromatic nitrogens is 3. The lowest BCUT2D eigenvalue weighted by molar-refractivity contribution is 0.0295. The topological polar surface area (TPSA) is 86.4 Å². The second-order valence-electron chi connectivity index (χ2n) is 5.74. The van der Waals surface area contributed by atoms with Gasteiger partial charge < -0.3 is 9.64 Å². The van der Waals surface area contributed by atoms with Crippen LogP contribution in [0.2, 0.25) is 0 Å². The summed E-state index contributed by atoms with van der Waals surface area (Å²) in [6.07, 6.45) is 0.596. The number of para-hydroxylation sites is 1. The van der Waals surface area contributed by atoms with Crippen molar-refractivity contribution in [1.29, 1.82) is 0 Å². The molecule has 0 spiro atoms. The summed E-state index contributed by atoms with van der Waals surface area (Å²) in [7, 11) is 0. The Kier molecular flexibility index (Phi) is 5.08. The number of rotatable bonds is 4. The Hall–Kier alpha value is -2.74. The lowest BCUT2D eigenvalue weighted by atomic mass is 10.3. The first kappa shape index (κ1) is 17.1. The fourth-order valence-electron chi connectivity index (χ4n) is 2.72. The van der Waals surface area contributed by atoms with Crippen molar-refractivity contribution in [3.63, 3.8) is 0 Å². The quantitative estimate of drug-likeness (QED) is 0.795. The molecular weight excluding hydrogens is 324 g/mol. The first-order valence-electron chi connectivity index (χ1n) is 8.30. The predicted octanol–water partition coefficient (Wildman–Crippen LogP) is 0.277. The maximum Gasteiger partial charge on any atom is 0.352 e. The molecule has 2 heterocycles. The van der Waals surface area contributed by atoms with Crippen LogP contribution in [0.5, 0.6) is 0 Å². The maximum atomic E-state index is 12.8. The van der Waals surface area contributed by atoms with Crippen molar-refractivity contribution in [2.24, 2.45) is 0 Å². The van der Waals surface area contributed by atoms with Gasteiger partial charge >= 0.3 is 5.69 Å². The van der Waals surface area contributed by atoms with Crippen LogP contribution in [0.4, 0.5) is 0 Å². The highest BCUT2D eigenvalue weighted by Gasteiger charge is 2.25. The molecule has 1 saturated heterocycles. The van der Waals surface area contributed by atoms with Gasteiger partial charge in [0.15, 0.2) is 0 Å². The van der Waals surface area contributed by atoms with Crippen molar-refractivity contribution in [2.75, 3.05) is 26.3 Å². The first-order chi connectivity index (χ1) is 12.1. The van der Waals surface area contributed by atoms with Gasteiger partial charge in [0.05, 0.1) is 18.9 Å². The van der Waals surface area contributed by atoms with Crippen LogP contribution in [0, 0.1) is 0 Å². The molecule has 0 N–H and O–H groups in total. The molecule has 3 rings (SSSR count). The van der Waals surface area contributed by atoms with Crippen LogP contribution in [-0.2, 0) is 11.3 Å². The number of hydrogen-bond acceptors (Lipinski definition) is 5. The molecule has 1 aliphatic rings. The van der Waals surface area contributed by atoms with E-state index in [2.05, 4.69) is 5.10 Å². The Morgan fingerprint density at radius 2 is 1.84 bits per heavy atom. The molecule has 2 aromatic rings. The molecule has 0 saturated carbocycles. The van der Waals surface area contributed by atoms with Gasteiger partial charge in [-0.25, -0.2) is 4.79 Å². The van der Waals surface area contributed by atoms with Crippen LogP contribution in [0.1, 0.15) is 23.8 Å². The van der Waals surface area contributed by atoms with Crippen molar-refractivity contribution < 1.29 is 9.53 Å². The number of carbonyl (C=O) groups excluding carboxylic acids is 1. The summed E-state index contributed by atoms with van der Waals surface area (Å²) in [5.74, 6) is -0.470. The molecule has 1 aliphatic heterocycles. The van der Waals surface area contributed by atoms with Crippen LogP contribution in [-0.4, -0.2) is 51.5 Å². The zero-order valence-corrected chi connectivity index (χ0v) is 14.1. The van der Waals surface area contributed by atoms with Crippen LogP contribution < -0.4 is 11.2 Å². The van der Waals surface area contributed by atoms with E-state index in [0.717, 1.165) is 9.25 Å². The minimum absolute atomic E-state index is 0.233. The van der Waals surface area contributed by atoms with Crippen LogP contribution in [0.25, 0.3) is 5.69 Å². The fourth-order valence-corrected chi connectivity index (χ4v) is 2.72. The minimum Gasteiger partial charge on any atom is -0.378 e. The average molecular weight is 344 g/mol. The van der Waals surface area contributed by atoms with Crippen molar-refractivity contribution in [2.45, 2.75) is 19.9 Å². The van der Waals surface area contributed by atoms with Crippen molar-refractivity contribution in [3.8, 4) is 5.69 Å². The number of ether oxygens (including phenoxy) is 1. The van der Waals surface area contributed by atoms with E-state index in [1.165, 1.54) is 4.90 Å². The summed E-state index contributed by atoms with van der Waals surface area (Å²) >= 11 is 0. The van der Waals surface area contributed by atoms with Gasteiger partial charge in [-0.15, -0.1) is 0 Å². The molecule has 132 valence electrons. The van der Waals surface area contributed by atoms with E-state index in [4.69, 9.17) is 4.74 Å². The SMILES string of the molecule is CCCn1c(=O)c(C(=O)N2CCOCC2)nn(-c2ccccc2)c1=O. The molecular formula is C17H20N4O4. The molecule has 0 aliphatic carbocycles. The normalized spacial score (nSPS) is 14.5.